The van der Waals surface area contributed by atoms with Crippen LogP contribution in [0.2, 0.25) is 0 Å². The number of carbonyl (C=O) groups excluding carboxylic acids is 1. The van der Waals surface area contributed by atoms with Crippen LogP contribution in [0.5, 0.6) is 0 Å². The molecule has 1 aromatic heterocycles. The molecule has 0 radical (unpaired) electrons. The van der Waals surface area contributed by atoms with E-state index >= 15 is 0 Å². The number of halogens is 1. The van der Waals surface area contributed by atoms with Crippen LogP contribution in [0.15, 0.2) is 36.4 Å². The van der Waals surface area contributed by atoms with Crippen LogP contribution in [0.3, 0.4) is 0 Å². The molecule has 1 atom stereocenters. The molecule has 0 spiro atoms. The summed E-state index contributed by atoms with van der Waals surface area (Å²) in [6, 6.07) is 9.54. The maximum atomic E-state index is 13.0. The summed E-state index contributed by atoms with van der Waals surface area (Å²) in [5.41, 5.74) is 1.72. The second-order valence-electron chi connectivity index (χ2n) is 4.74. The zero-order chi connectivity index (χ0) is 14.7. The highest BCUT2D eigenvalue weighted by atomic mass is 19.1. The van der Waals surface area contributed by atoms with Gasteiger partial charge in [-0.25, -0.2) is 4.39 Å². The zero-order valence-electron chi connectivity index (χ0n) is 11.1. The molecule has 1 aromatic carbocycles. The maximum absolute atomic E-state index is 13.0. The van der Waals surface area contributed by atoms with E-state index in [1.165, 1.54) is 12.1 Å². The van der Waals surface area contributed by atoms with Gasteiger partial charge >= 0.3 is 0 Å². The quantitative estimate of drug-likeness (QED) is 0.808. The Balaban J connectivity index is 1.77. The molecule has 1 amide bonds. The van der Waals surface area contributed by atoms with Crippen molar-refractivity contribution < 1.29 is 9.18 Å². The predicted molar refractivity (Wildman–Crippen MR) is 74.8 cm³/mol. The molecule has 1 aliphatic heterocycles. The van der Waals surface area contributed by atoms with Crippen LogP contribution in [-0.4, -0.2) is 22.6 Å². The van der Waals surface area contributed by atoms with Gasteiger partial charge in [0.05, 0.1) is 11.6 Å². The Kier molecular flexibility index (Phi) is 3.61. The van der Waals surface area contributed by atoms with Gasteiger partial charge in [-0.15, -0.1) is 5.10 Å². The average molecular weight is 281 g/mol. The number of nitrogens with zero attached hydrogens (tertiary/aromatic N) is 2. The fourth-order valence-corrected chi connectivity index (χ4v) is 2.17. The topological polar surface area (TPSA) is 54.9 Å². The fourth-order valence-electron chi connectivity index (χ4n) is 2.17. The Labute approximate surface area is 121 Å². The lowest BCUT2D eigenvalue weighted by atomic mass is 10.0. The van der Waals surface area contributed by atoms with Gasteiger partial charge in [-0.1, -0.05) is 12.0 Å². The van der Waals surface area contributed by atoms with Crippen LogP contribution in [0, 0.1) is 17.7 Å². The normalized spacial score (nSPS) is 17.0. The first-order valence-corrected chi connectivity index (χ1v) is 6.61. The van der Waals surface area contributed by atoms with E-state index < -0.39 is 0 Å². The molecule has 0 bridgehead atoms. The Hall–Kier alpha value is -2.74. The minimum absolute atomic E-state index is 0.0112. The van der Waals surface area contributed by atoms with Crippen LogP contribution in [0.25, 0.3) is 0 Å². The Morgan fingerprint density at radius 1 is 1.19 bits per heavy atom. The first-order valence-electron chi connectivity index (χ1n) is 6.61. The number of aromatic nitrogens is 2. The highest BCUT2D eigenvalue weighted by Gasteiger charge is 2.27. The smallest absolute Gasteiger partial charge is 0.229 e. The first kappa shape index (κ1) is 13.3. The molecule has 3 rings (SSSR count). The van der Waals surface area contributed by atoms with E-state index in [-0.39, 0.29) is 17.6 Å². The van der Waals surface area contributed by atoms with Crippen molar-refractivity contribution in [3.8, 4) is 11.8 Å². The highest BCUT2D eigenvalue weighted by Crippen LogP contribution is 2.20. The van der Waals surface area contributed by atoms with E-state index in [1.54, 1.807) is 24.3 Å². The van der Waals surface area contributed by atoms with Gasteiger partial charge in [0.15, 0.2) is 0 Å². The van der Waals surface area contributed by atoms with Gasteiger partial charge in [0.2, 0.25) is 5.91 Å². The van der Waals surface area contributed by atoms with Crippen LogP contribution in [-0.2, 0) is 4.79 Å². The van der Waals surface area contributed by atoms with Gasteiger partial charge in [-0.2, -0.15) is 5.10 Å². The molecule has 104 valence electrons. The summed E-state index contributed by atoms with van der Waals surface area (Å²) < 4.78 is 13.0. The lowest BCUT2D eigenvalue weighted by molar-refractivity contribution is -0.120. The Bertz CT molecular complexity index is 731. The van der Waals surface area contributed by atoms with Crippen LogP contribution >= 0.6 is 0 Å². The molecule has 0 saturated carbocycles. The third kappa shape index (κ3) is 3.06. The zero-order valence-corrected chi connectivity index (χ0v) is 11.1. The third-order valence-corrected chi connectivity index (χ3v) is 3.25. The first-order chi connectivity index (χ1) is 10.2. The van der Waals surface area contributed by atoms with Crippen molar-refractivity contribution in [2.45, 2.75) is 12.3 Å². The van der Waals surface area contributed by atoms with Gasteiger partial charge < -0.3 is 5.32 Å². The average Bonchev–Trinajstić information content (AvgIpc) is 2.92. The number of hydrogen-bond donors (Lipinski definition) is 1. The fraction of sp³-hybridized carbons (Fsp3) is 0.188. The van der Waals surface area contributed by atoms with Crippen LogP contribution in [0.4, 0.5) is 4.39 Å². The maximum Gasteiger partial charge on any atom is 0.229 e. The lowest BCUT2D eigenvalue weighted by Crippen LogP contribution is -2.18. The van der Waals surface area contributed by atoms with E-state index in [0.29, 0.717) is 23.5 Å². The molecular weight excluding hydrogens is 269 g/mol. The number of benzene rings is 1. The number of amides is 1. The summed E-state index contributed by atoms with van der Waals surface area (Å²) in [4.78, 5) is 11.6. The molecule has 2 aromatic rings. The molecule has 1 aliphatic rings. The van der Waals surface area contributed by atoms with Crippen molar-refractivity contribution >= 4 is 5.91 Å². The van der Waals surface area contributed by atoms with E-state index in [4.69, 9.17) is 0 Å². The number of rotatable bonds is 1. The molecule has 1 fully saturated rings. The van der Waals surface area contributed by atoms with Gasteiger partial charge in [-0.05, 0) is 42.7 Å². The van der Waals surface area contributed by atoms with E-state index in [9.17, 15) is 9.18 Å². The molecule has 5 heteroatoms. The second kappa shape index (κ2) is 5.71. The van der Waals surface area contributed by atoms with E-state index in [1.807, 2.05) is 0 Å². The highest BCUT2D eigenvalue weighted by molar-refractivity contribution is 5.85. The Morgan fingerprint density at radius 2 is 2.10 bits per heavy atom. The van der Waals surface area contributed by atoms with Crippen molar-refractivity contribution in [3.05, 3.63) is 59.2 Å². The van der Waals surface area contributed by atoms with Crippen molar-refractivity contribution in [1.29, 1.82) is 0 Å². The predicted octanol–water partition coefficient (Wildman–Crippen LogP) is 1.62. The second-order valence-corrected chi connectivity index (χ2v) is 4.74. The summed E-state index contributed by atoms with van der Waals surface area (Å²) in [6.07, 6.45) is 0.738. The van der Waals surface area contributed by atoms with Gasteiger partial charge in [0.25, 0.3) is 0 Å². The largest absolute Gasteiger partial charge is 0.355 e. The molecule has 1 unspecified atom stereocenters. The van der Waals surface area contributed by atoms with Crippen molar-refractivity contribution in [2.24, 2.45) is 0 Å². The van der Waals surface area contributed by atoms with Gasteiger partial charge in [0.1, 0.15) is 11.5 Å². The summed E-state index contributed by atoms with van der Waals surface area (Å²) >= 11 is 0. The Morgan fingerprint density at radius 3 is 2.76 bits per heavy atom. The minimum Gasteiger partial charge on any atom is -0.355 e. The van der Waals surface area contributed by atoms with Crippen molar-refractivity contribution in [3.63, 3.8) is 0 Å². The molecular formula is C16H12FN3O. The number of hydrogen-bond acceptors (Lipinski definition) is 3. The molecule has 0 aliphatic carbocycles. The van der Waals surface area contributed by atoms with Crippen molar-refractivity contribution in [2.75, 3.05) is 6.54 Å². The van der Waals surface area contributed by atoms with Gasteiger partial charge in [-0.3, -0.25) is 4.79 Å². The molecule has 4 nitrogen and oxygen atoms in total. The van der Waals surface area contributed by atoms with Gasteiger partial charge in [0, 0.05) is 12.1 Å². The summed E-state index contributed by atoms with van der Waals surface area (Å²) in [5, 5.41) is 10.8. The third-order valence-electron chi connectivity index (χ3n) is 3.25. The summed E-state index contributed by atoms with van der Waals surface area (Å²) in [5.74, 6) is 5.10. The molecule has 1 saturated heterocycles. The lowest BCUT2D eigenvalue weighted by Gasteiger charge is -2.04. The standard InChI is InChI=1S/C16H12FN3O/c17-12-3-1-2-11(10-12)4-5-13-6-7-15(20-19-13)14-8-9-18-16(14)21/h1-3,6-7,10,14H,8-9H2,(H,18,21). The summed E-state index contributed by atoms with van der Waals surface area (Å²) in [7, 11) is 0. The monoisotopic (exact) mass is 281 g/mol. The van der Waals surface area contributed by atoms with Crippen molar-refractivity contribution in [1.82, 2.24) is 15.5 Å². The molecule has 2 heterocycles. The van der Waals surface area contributed by atoms with E-state index in [2.05, 4.69) is 27.4 Å². The number of nitrogens with one attached hydrogen (secondary N) is 1. The van der Waals surface area contributed by atoms with E-state index in [0.717, 1.165) is 6.42 Å². The summed E-state index contributed by atoms with van der Waals surface area (Å²) in [6.45, 7) is 0.673. The van der Waals surface area contributed by atoms with Crippen LogP contribution in [0.1, 0.15) is 29.3 Å². The number of carbonyl (C=O) groups is 1. The molecule has 21 heavy (non-hydrogen) atoms. The minimum atomic E-state index is -0.324. The van der Waals surface area contributed by atoms with Crippen LogP contribution < -0.4 is 5.32 Å². The SMILES string of the molecule is O=C1NCCC1c1ccc(C#Cc2cccc(F)c2)nn1. The molecule has 1 N–H and O–H groups in total.